The van der Waals surface area contributed by atoms with Crippen LogP contribution in [0, 0.1) is 5.92 Å². The van der Waals surface area contributed by atoms with Crippen LogP contribution in [-0.4, -0.2) is 5.78 Å². The highest BCUT2D eigenvalue weighted by molar-refractivity contribution is 5.98. The van der Waals surface area contributed by atoms with Gasteiger partial charge >= 0.3 is 0 Å². The first-order chi connectivity index (χ1) is 10.3. The number of hydrogen-bond donors (Lipinski definition) is 0. The second kappa shape index (κ2) is 6.36. The Bertz CT molecular complexity index is 665. The molecule has 0 amide bonds. The lowest BCUT2D eigenvalue weighted by Crippen LogP contribution is -2.11. The molecule has 1 aliphatic carbocycles. The van der Waals surface area contributed by atoms with E-state index in [-0.39, 0.29) is 11.7 Å². The summed E-state index contributed by atoms with van der Waals surface area (Å²) in [6, 6.07) is 20.4. The zero-order valence-corrected chi connectivity index (χ0v) is 11.9. The van der Waals surface area contributed by atoms with E-state index in [1.54, 1.807) is 0 Å². The fourth-order valence-corrected chi connectivity index (χ4v) is 2.73. The third-order valence-corrected chi connectivity index (χ3v) is 3.79. The molecule has 0 saturated heterocycles. The molecule has 2 aromatic rings. The molecule has 0 unspecified atom stereocenters. The van der Waals surface area contributed by atoms with E-state index >= 15 is 0 Å². The summed E-state index contributed by atoms with van der Waals surface area (Å²) in [6.45, 7) is 0. The summed E-state index contributed by atoms with van der Waals surface area (Å²) >= 11 is 0. The Morgan fingerprint density at radius 3 is 2.24 bits per heavy atom. The van der Waals surface area contributed by atoms with E-state index < -0.39 is 0 Å². The van der Waals surface area contributed by atoms with Crippen molar-refractivity contribution in [3.63, 3.8) is 0 Å². The Kier molecular flexibility index (Phi) is 4.11. The predicted octanol–water partition coefficient (Wildman–Crippen LogP) is 4.76. The Hall–Kier alpha value is -2.41. The quantitative estimate of drug-likeness (QED) is 0.788. The smallest absolute Gasteiger partial charge is 0.156 e. The van der Waals surface area contributed by atoms with Gasteiger partial charge in [-0.3, -0.25) is 4.79 Å². The van der Waals surface area contributed by atoms with Crippen LogP contribution in [0.15, 0.2) is 72.8 Å². The lowest BCUT2D eigenvalue weighted by atomic mass is 9.84. The van der Waals surface area contributed by atoms with Crippen LogP contribution in [0.2, 0.25) is 0 Å². The van der Waals surface area contributed by atoms with Crippen LogP contribution in [-0.2, 0) is 4.79 Å². The number of carbonyl (C=O) groups is 1. The van der Waals surface area contributed by atoms with Crippen LogP contribution in [0.25, 0.3) is 11.6 Å². The number of benzene rings is 2. The van der Waals surface area contributed by atoms with Crippen molar-refractivity contribution in [2.45, 2.75) is 12.8 Å². The number of hydrogen-bond acceptors (Lipinski definition) is 1. The van der Waals surface area contributed by atoms with Gasteiger partial charge in [-0.1, -0.05) is 72.8 Å². The molecule has 1 heteroatoms. The van der Waals surface area contributed by atoms with Crippen LogP contribution in [0.4, 0.5) is 0 Å². The summed E-state index contributed by atoms with van der Waals surface area (Å²) in [7, 11) is 0. The topological polar surface area (TPSA) is 17.1 Å². The molecule has 21 heavy (non-hydrogen) atoms. The third-order valence-electron chi connectivity index (χ3n) is 3.79. The van der Waals surface area contributed by atoms with E-state index in [2.05, 4.69) is 36.4 Å². The lowest BCUT2D eigenvalue weighted by molar-refractivity contribution is -0.115. The van der Waals surface area contributed by atoms with Crippen molar-refractivity contribution in [2.24, 2.45) is 5.92 Å². The summed E-state index contributed by atoms with van der Waals surface area (Å²) in [6.07, 6.45) is 7.63. The van der Waals surface area contributed by atoms with Gasteiger partial charge in [0.2, 0.25) is 0 Å². The molecular formula is C20H18O. The maximum Gasteiger partial charge on any atom is 0.156 e. The first kappa shape index (κ1) is 13.6. The van der Waals surface area contributed by atoms with Gasteiger partial charge in [-0.2, -0.15) is 0 Å². The van der Waals surface area contributed by atoms with Gasteiger partial charge in [0.15, 0.2) is 5.78 Å². The largest absolute Gasteiger partial charge is 0.295 e. The lowest BCUT2D eigenvalue weighted by Gasteiger charge is -2.19. The molecule has 0 aromatic heterocycles. The summed E-state index contributed by atoms with van der Waals surface area (Å²) in [4.78, 5) is 12.0. The third kappa shape index (κ3) is 3.57. The molecule has 0 aliphatic heterocycles. The Morgan fingerprint density at radius 2 is 1.52 bits per heavy atom. The van der Waals surface area contributed by atoms with Crippen LogP contribution < -0.4 is 0 Å². The van der Waals surface area contributed by atoms with Crippen molar-refractivity contribution in [2.75, 3.05) is 0 Å². The fourth-order valence-electron chi connectivity index (χ4n) is 2.73. The van der Waals surface area contributed by atoms with Crippen molar-refractivity contribution in [1.82, 2.24) is 0 Å². The van der Waals surface area contributed by atoms with Crippen molar-refractivity contribution in [1.29, 1.82) is 0 Å². The molecule has 0 fully saturated rings. The monoisotopic (exact) mass is 274 g/mol. The van der Waals surface area contributed by atoms with Gasteiger partial charge < -0.3 is 0 Å². The molecule has 2 aromatic carbocycles. The van der Waals surface area contributed by atoms with Gasteiger partial charge in [0.25, 0.3) is 0 Å². The summed E-state index contributed by atoms with van der Waals surface area (Å²) in [5.74, 6) is 0.515. The van der Waals surface area contributed by atoms with E-state index in [0.717, 1.165) is 17.6 Å². The molecule has 0 N–H and O–H groups in total. The molecule has 104 valence electrons. The Morgan fingerprint density at radius 1 is 0.857 bits per heavy atom. The standard InChI is InChI=1S/C20H18O/c21-20-14-17(12-11-16-7-3-1-4-8-16)13-19(15-20)18-9-5-2-6-10-18/h1-12,15,17H,13-14H2/b12-11-/t17-/m0/s1. The Balaban J connectivity index is 1.76. The van der Waals surface area contributed by atoms with Crippen molar-refractivity contribution < 1.29 is 4.79 Å². The van der Waals surface area contributed by atoms with Gasteiger partial charge in [0.1, 0.15) is 0 Å². The minimum absolute atomic E-state index is 0.225. The maximum atomic E-state index is 12.0. The first-order valence-electron chi connectivity index (χ1n) is 7.33. The molecule has 3 rings (SSSR count). The van der Waals surface area contributed by atoms with E-state index in [1.165, 1.54) is 5.56 Å². The highest BCUT2D eigenvalue weighted by Gasteiger charge is 2.19. The van der Waals surface area contributed by atoms with Gasteiger partial charge in [-0.05, 0) is 35.1 Å². The van der Waals surface area contributed by atoms with E-state index in [4.69, 9.17) is 0 Å². The number of ketones is 1. The van der Waals surface area contributed by atoms with Crippen LogP contribution >= 0.6 is 0 Å². The molecule has 0 radical (unpaired) electrons. The molecule has 1 atom stereocenters. The highest BCUT2D eigenvalue weighted by Crippen LogP contribution is 2.30. The highest BCUT2D eigenvalue weighted by atomic mass is 16.1. The zero-order valence-electron chi connectivity index (χ0n) is 11.9. The second-order valence-corrected chi connectivity index (χ2v) is 5.44. The summed E-state index contributed by atoms with van der Waals surface area (Å²) in [5, 5.41) is 0. The molecule has 1 aliphatic rings. The summed E-state index contributed by atoms with van der Waals surface area (Å²) < 4.78 is 0. The van der Waals surface area contributed by atoms with Crippen molar-refractivity contribution >= 4 is 17.4 Å². The molecule has 0 spiro atoms. The van der Waals surface area contributed by atoms with Gasteiger partial charge in [-0.15, -0.1) is 0 Å². The predicted molar refractivity (Wildman–Crippen MR) is 87.6 cm³/mol. The second-order valence-electron chi connectivity index (χ2n) is 5.44. The molecular weight excluding hydrogens is 256 g/mol. The van der Waals surface area contributed by atoms with Crippen LogP contribution in [0.3, 0.4) is 0 Å². The van der Waals surface area contributed by atoms with E-state index in [9.17, 15) is 4.79 Å². The molecule has 1 nitrogen and oxygen atoms in total. The Labute approximate surface area is 125 Å². The SMILES string of the molecule is O=C1C=C(c2ccccc2)C[C@H](/C=C\c2ccccc2)C1. The first-order valence-corrected chi connectivity index (χ1v) is 7.33. The molecule has 0 bridgehead atoms. The van der Waals surface area contributed by atoms with Crippen LogP contribution in [0.5, 0.6) is 0 Å². The van der Waals surface area contributed by atoms with Gasteiger partial charge in [0.05, 0.1) is 0 Å². The normalized spacial score (nSPS) is 18.8. The van der Waals surface area contributed by atoms with E-state index in [1.807, 2.05) is 42.5 Å². The average molecular weight is 274 g/mol. The van der Waals surface area contributed by atoms with Crippen LogP contribution in [0.1, 0.15) is 24.0 Å². The summed E-state index contributed by atoms with van der Waals surface area (Å²) in [5.41, 5.74) is 3.49. The van der Waals surface area contributed by atoms with Gasteiger partial charge in [0, 0.05) is 6.42 Å². The van der Waals surface area contributed by atoms with Crippen molar-refractivity contribution in [3.8, 4) is 0 Å². The number of rotatable bonds is 3. The fraction of sp³-hybridized carbons (Fsp3) is 0.150. The van der Waals surface area contributed by atoms with Crippen molar-refractivity contribution in [3.05, 3.63) is 83.9 Å². The molecule has 0 heterocycles. The number of carbonyl (C=O) groups excluding carboxylic acids is 1. The zero-order chi connectivity index (χ0) is 14.5. The average Bonchev–Trinajstić information content (AvgIpc) is 2.54. The maximum absolute atomic E-state index is 12.0. The van der Waals surface area contributed by atoms with Gasteiger partial charge in [-0.25, -0.2) is 0 Å². The minimum atomic E-state index is 0.225. The van der Waals surface area contributed by atoms with E-state index in [0.29, 0.717) is 6.42 Å². The number of allylic oxidation sites excluding steroid dienone is 3. The minimum Gasteiger partial charge on any atom is -0.295 e. The molecule has 0 saturated carbocycles.